The van der Waals surface area contributed by atoms with Crippen molar-refractivity contribution in [2.24, 2.45) is 4.99 Å². The van der Waals surface area contributed by atoms with Gasteiger partial charge < -0.3 is 4.74 Å². The molecule has 0 aliphatic heterocycles. The SMILES string of the molecule is CC(=O)N=C1C(=O)c2ccccc2C(=O)C1NCCOc1ccccc1. The Morgan fingerprint density at radius 1 is 1.04 bits per heavy atom. The zero-order valence-electron chi connectivity index (χ0n) is 14.3. The second-order valence-corrected chi connectivity index (χ2v) is 5.80. The van der Waals surface area contributed by atoms with Crippen LogP contribution in [0.2, 0.25) is 0 Å². The number of nitrogens with zero attached hydrogens (tertiary/aromatic N) is 1. The zero-order valence-corrected chi connectivity index (χ0v) is 14.3. The molecule has 2 aromatic rings. The van der Waals surface area contributed by atoms with Gasteiger partial charge in [0.25, 0.3) is 0 Å². The van der Waals surface area contributed by atoms with Gasteiger partial charge in [0.1, 0.15) is 24.1 Å². The van der Waals surface area contributed by atoms with Gasteiger partial charge in [0.2, 0.25) is 11.7 Å². The van der Waals surface area contributed by atoms with E-state index >= 15 is 0 Å². The molecular formula is C20H18N2O4. The molecular weight excluding hydrogens is 332 g/mol. The third kappa shape index (κ3) is 3.75. The predicted octanol–water partition coefficient (Wildman–Crippen LogP) is 2.09. The number of amides is 1. The van der Waals surface area contributed by atoms with Gasteiger partial charge in [0.15, 0.2) is 5.78 Å². The van der Waals surface area contributed by atoms with Crippen molar-refractivity contribution in [1.29, 1.82) is 0 Å². The highest BCUT2D eigenvalue weighted by molar-refractivity contribution is 6.56. The van der Waals surface area contributed by atoms with Crippen molar-refractivity contribution < 1.29 is 19.1 Å². The number of carbonyl (C=O) groups is 3. The molecule has 1 amide bonds. The van der Waals surface area contributed by atoms with Crippen LogP contribution in [0.25, 0.3) is 0 Å². The molecule has 132 valence electrons. The van der Waals surface area contributed by atoms with Gasteiger partial charge in [-0.1, -0.05) is 42.5 Å². The molecule has 1 atom stereocenters. The average molecular weight is 350 g/mol. The smallest absolute Gasteiger partial charge is 0.242 e. The summed E-state index contributed by atoms with van der Waals surface area (Å²) in [5.74, 6) is -0.493. The predicted molar refractivity (Wildman–Crippen MR) is 96.9 cm³/mol. The molecule has 3 rings (SSSR count). The minimum atomic E-state index is -0.958. The number of aliphatic imine (C=N–C) groups is 1. The van der Waals surface area contributed by atoms with Crippen molar-refractivity contribution in [1.82, 2.24) is 5.32 Å². The minimum absolute atomic E-state index is 0.0686. The Balaban J connectivity index is 1.76. The Bertz CT molecular complexity index is 874. The van der Waals surface area contributed by atoms with Crippen LogP contribution in [0.4, 0.5) is 0 Å². The maximum absolute atomic E-state index is 12.8. The van der Waals surface area contributed by atoms with E-state index in [0.717, 1.165) is 0 Å². The Labute approximate surface area is 150 Å². The monoisotopic (exact) mass is 350 g/mol. The van der Waals surface area contributed by atoms with E-state index in [1.807, 2.05) is 30.3 Å². The van der Waals surface area contributed by atoms with E-state index in [4.69, 9.17) is 4.74 Å². The molecule has 0 bridgehead atoms. The van der Waals surface area contributed by atoms with E-state index < -0.39 is 17.7 Å². The summed E-state index contributed by atoms with van der Waals surface area (Å²) in [6, 6.07) is 14.9. The lowest BCUT2D eigenvalue weighted by molar-refractivity contribution is -0.115. The quantitative estimate of drug-likeness (QED) is 0.835. The summed E-state index contributed by atoms with van der Waals surface area (Å²) < 4.78 is 5.58. The molecule has 0 saturated heterocycles. The van der Waals surface area contributed by atoms with Gasteiger partial charge in [-0.15, -0.1) is 0 Å². The fourth-order valence-electron chi connectivity index (χ4n) is 2.81. The maximum Gasteiger partial charge on any atom is 0.242 e. The summed E-state index contributed by atoms with van der Waals surface area (Å²) in [6.45, 7) is 1.87. The van der Waals surface area contributed by atoms with E-state index in [1.54, 1.807) is 24.3 Å². The molecule has 0 radical (unpaired) electrons. The zero-order chi connectivity index (χ0) is 18.5. The van der Waals surface area contributed by atoms with Crippen LogP contribution in [-0.2, 0) is 4.79 Å². The first kappa shape index (κ1) is 17.7. The van der Waals surface area contributed by atoms with E-state index in [-0.39, 0.29) is 17.1 Å². The summed E-state index contributed by atoms with van der Waals surface area (Å²) in [4.78, 5) is 40.6. The summed E-state index contributed by atoms with van der Waals surface area (Å²) in [7, 11) is 0. The third-order valence-electron chi connectivity index (χ3n) is 3.95. The van der Waals surface area contributed by atoms with Crippen LogP contribution in [0, 0.1) is 0 Å². The molecule has 1 N–H and O–H groups in total. The van der Waals surface area contributed by atoms with Crippen LogP contribution >= 0.6 is 0 Å². The van der Waals surface area contributed by atoms with Gasteiger partial charge in [0, 0.05) is 24.6 Å². The van der Waals surface area contributed by atoms with Gasteiger partial charge in [0.05, 0.1) is 0 Å². The lowest BCUT2D eigenvalue weighted by Gasteiger charge is -2.24. The maximum atomic E-state index is 12.8. The molecule has 0 fully saturated rings. The summed E-state index contributed by atoms with van der Waals surface area (Å²) in [5, 5.41) is 2.99. The van der Waals surface area contributed by atoms with Crippen molar-refractivity contribution >= 4 is 23.2 Å². The lowest BCUT2D eigenvalue weighted by Crippen LogP contribution is -2.51. The molecule has 0 heterocycles. The molecule has 1 aliphatic carbocycles. The number of rotatable bonds is 5. The first-order chi connectivity index (χ1) is 12.6. The number of fused-ring (bicyclic) bond motifs is 1. The molecule has 6 nitrogen and oxygen atoms in total. The molecule has 1 unspecified atom stereocenters. The number of Topliss-reactive ketones (excluding diaryl/α,β-unsaturated/α-hetero) is 2. The molecule has 0 spiro atoms. The van der Waals surface area contributed by atoms with E-state index in [2.05, 4.69) is 10.3 Å². The van der Waals surface area contributed by atoms with Gasteiger partial charge in [-0.3, -0.25) is 19.7 Å². The number of hydrogen-bond acceptors (Lipinski definition) is 5. The number of para-hydroxylation sites is 1. The summed E-state index contributed by atoms with van der Waals surface area (Å²) >= 11 is 0. The van der Waals surface area contributed by atoms with Crippen molar-refractivity contribution in [3.8, 4) is 5.75 Å². The van der Waals surface area contributed by atoms with Gasteiger partial charge in [-0.2, -0.15) is 0 Å². The number of nitrogens with one attached hydrogen (secondary N) is 1. The third-order valence-corrected chi connectivity index (χ3v) is 3.95. The topological polar surface area (TPSA) is 84.8 Å². The minimum Gasteiger partial charge on any atom is -0.492 e. The number of hydrogen-bond donors (Lipinski definition) is 1. The van der Waals surface area contributed by atoms with Crippen LogP contribution < -0.4 is 10.1 Å². The fourth-order valence-corrected chi connectivity index (χ4v) is 2.81. The molecule has 6 heteroatoms. The highest BCUT2D eigenvalue weighted by Crippen LogP contribution is 2.20. The van der Waals surface area contributed by atoms with Crippen LogP contribution in [0.3, 0.4) is 0 Å². The first-order valence-electron chi connectivity index (χ1n) is 8.26. The van der Waals surface area contributed by atoms with Crippen LogP contribution in [-0.4, -0.2) is 42.4 Å². The van der Waals surface area contributed by atoms with Gasteiger partial charge in [-0.25, -0.2) is 4.99 Å². The summed E-state index contributed by atoms with van der Waals surface area (Å²) in [5.41, 5.74) is 0.540. The van der Waals surface area contributed by atoms with E-state index in [9.17, 15) is 14.4 Å². The summed E-state index contributed by atoms with van der Waals surface area (Å²) in [6.07, 6.45) is 0. The lowest BCUT2D eigenvalue weighted by atomic mass is 9.84. The van der Waals surface area contributed by atoms with Crippen molar-refractivity contribution in [3.05, 3.63) is 65.7 Å². The van der Waals surface area contributed by atoms with Crippen LogP contribution in [0.5, 0.6) is 5.75 Å². The second-order valence-electron chi connectivity index (χ2n) is 5.80. The Hall–Kier alpha value is -3.12. The molecule has 0 aromatic heterocycles. The Kier molecular flexibility index (Phi) is 5.34. The van der Waals surface area contributed by atoms with Crippen LogP contribution in [0.15, 0.2) is 59.6 Å². The van der Waals surface area contributed by atoms with Gasteiger partial charge in [-0.05, 0) is 12.1 Å². The van der Waals surface area contributed by atoms with E-state index in [1.165, 1.54) is 6.92 Å². The Morgan fingerprint density at radius 3 is 2.38 bits per heavy atom. The molecule has 26 heavy (non-hydrogen) atoms. The molecule has 1 aliphatic rings. The normalized spacial score (nSPS) is 17.9. The molecule has 0 saturated carbocycles. The number of ether oxygens (including phenoxy) is 1. The number of ketones is 2. The van der Waals surface area contributed by atoms with Crippen molar-refractivity contribution in [2.75, 3.05) is 13.2 Å². The van der Waals surface area contributed by atoms with Crippen molar-refractivity contribution in [3.63, 3.8) is 0 Å². The Morgan fingerprint density at radius 2 is 1.69 bits per heavy atom. The van der Waals surface area contributed by atoms with Crippen molar-refractivity contribution in [2.45, 2.75) is 13.0 Å². The fraction of sp³-hybridized carbons (Fsp3) is 0.200. The average Bonchev–Trinajstić information content (AvgIpc) is 2.65. The highest BCUT2D eigenvalue weighted by Gasteiger charge is 2.38. The first-order valence-corrected chi connectivity index (χ1v) is 8.26. The number of benzene rings is 2. The second kappa shape index (κ2) is 7.84. The number of carbonyl (C=O) groups excluding carboxylic acids is 3. The van der Waals surface area contributed by atoms with Crippen LogP contribution in [0.1, 0.15) is 27.6 Å². The largest absolute Gasteiger partial charge is 0.492 e. The highest BCUT2D eigenvalue weighted by atomic mass is 16.5. The molecule has 2 aromatic carbocycles. The standard InChI is InChI=1S/C20H18N2O4/c1-13(23)22-18-17(21-11-12-26-14-7-3-2-4-8-14)19(24)15-9-5-6-10-16(15)20(18)25/h2-10,17,21H,11-12H2,1H3. The van der Waals surface area contributed by atoms with Gasteiger partial charge >= 0.3 is 0 Å². The van der Waals surface area contributed by atoms with E-state index in [0.29, 0.717) is 24.5 Å².